The Hall–Kier alpha value is -2.47. The van der Waals surface area contributed by atoms with E-state index in [1.165, 1.54) is 11.1 Å². The van der Waals surface area contributed by atoms with Crippen molar-refractivity contribution in [2.24, 2.45) is 0 Å². The molecular formula is C16H17N3. The molecule has 0 bridgehead atoms. The van der Waals surface area contributed by atoms with Gasteiger partial charge in [0.15, 0.2) is 0 Å². The highest BCUT2D eigenvalue weighted by molar-refractivity contribution is 5.68. The summed E-state index contributed by atoms with van der Waals surface area (Å²) < 4.78 is 0. The molecule has 0 fully saturated rings. The molecule has 0 unspecified atom stereocenters. The fourth-order valence-electron chi connectivity index (χ4n) is 1.88. The van der Waals surface area contributed by atoms with Crippen molar-refractivity contribution in [3.8, 4) is 6.07 Å². The molecule has 2 rings (SSSR count). The Morgan fingerprint density at radius 2 is 1.79 bits per heavy atom. The minimum Gasteiger partial charge on any atom is -0.397 e. The van der Waals surface area contributed by atoms with Gasteiger partial charge in [0.25, 0.3) is 0 Å². The molecule has 2 aromatic carbocycles. The number of nitrogens with zero attached hydrogens (tertiary/aromatic N) is 1. The highest BCUT2D eigenvalue weighted by Gasteiger charge is 2.00. The molecule has 0 aliphatic rings. The van der Waals surface area contributed by atoms with Crippen LogP contribution in [0.25, 0.3) is 0 Å². The summed E-state index contributed by atoms with van der Waals surface area (Å²) >= 11 is 0. The number of benzene rings is 2. The second-order valence-corrected chi connectivity index (χ2v) is 4.44. The van der Waals surface area contributed by atoms with Crippen molar-refractivity contribution in [1.29, 1.82) is 5.26 Å². The average Bonchev–Trinajstić information content (AvgIpc) is 2.46. The van der Waals surface area contributed by atoms with Crippen LogP contribution in [0.15, 0.2) is 42.5 Å². The summed E-state index contributed by atoms with van der Waals surface area (Å²) in [5, 5.41) is 12.1. The van der Waals surface area contributed by atoms with Crippen molar-refractivity contribution in [3.05, 3.63) is 59.2 Å². The summed E-state index contributed by atoms with van der Waals surface area (Å²) in [5.74, 6) is 0. The summed E-state index contributed by atoms with van der Waals surface area (Å²) in [6, 6.07) is 15.9. The number of nitrogens with two attached hydrogens (primary N) is 1. The minimum atomic E-state index is 0.579. The molecule has 0 saturated heterocycles. The molecule has 3 heteroatoms. The van der Waals surface area contributed by atoms with E-state index in [4.69, 9.17) is 11.0 Å². The minimum absolute atomic E-state index is 0.579. The lowest BCUT2D eigenvalue weighted by Crippen LogP contribution is -2.02. The van der Waals surface area contributed by atoms with Crippen molar-refractivity contribution < 1.29 is 0 Å². The molecule has 0 atom stereocenters. The number of rotatable bonds is 4. The molecule has 0 amide bonds. The van der Waals surface area contributed by atoms with Crippen LogP contribution < -0.4 is 11.1 Å². The first kappa shape index (κ1) is 13.0. The maximum atomic E-state index is 8.78. The van der Waals surface area contributed by atoms with Gasteiger partial charge in [0, 0.05) is 6.54 Å². The van der Waals surface area contributed by atoms with E-state index in [9.17, 15) is 0 Å². The van der Waals surface area contributed by atoms with E-state index >= 15 is 0 Å². The van der Waals surface area contributed by atoms with Gasteiger partial charge in [-0.25, -0.2) is 0 Å². The van der Waals surface area contributed by atoms with Gasteiger partial charge in [-0.3, -0.25) is 0 Å². The third-order valence-electron chi connectivity index (χ3n) is 3.09. The van der Waals surface area contributed by atoms with Gasteiger partial charge in [0.1, 0.15) is 0 Å². The molecule has 0 aliphatic carbocycles. The summed E-state index contributed by atoms with van der Waals surface area (Å²) in [4.78, 5) is 0. The third-order valence-corrected chi connectivity index (χ3v) is 3.09. The number of hydrogen-bond donors (Lipinski definition) is 2. The highest BCUT2D eigenvalue weighted by atomic mass is 14.9. The van der Waals surface area contributed by atoms with E-state index in [0.29, 0.717) is 11.3 Å². The first-order valence-corrected chi connectivity index (χ1v) is 6.34. The van der Waals surface area contributed by atoms with Crippen LogP contribution in [0.3, 0.4) is 0 Å². The molecular weight excluding hydrogens is 234 g/mol. The Bertz CT molecular complexity index is 594. The number of hydrogen-bond acceptors (Lipinski definition) is 3. The molecule has 3 nitrogen and oxygen atoms in total. The molecule has 0 saturated carbocycles. The summed E-state index contributed by atoms with van der Waals surface area (Å²) in [6.45, 7) is 2.87. The quantitative estimate of drug-likeness (QED) is 0.819. The Kier molecular flexibility index (Phi) is 4.04. The van der Waals surface area contributed by atoms with Gasteiger partial charge in [-0.15, -0.1) is 0 Å². The topological polar surface area (TPSA) is 61.8 Å². The lowest BCUT2D eigenvalue weighted by molar-refractivity contribution is 1.11. The van der Waals surface area contributed by atoms with E-state index in [2.05, 4.69) is 42.6 Å². The van der Waals surface area contributed by atoms with Gasteiger partial charge < -0.3 is 11.1 Å². The van der Waals surface area contributed by atoms with Crippen LogP contribution in [-0.2, 0) is 13.0 Å². The Labute approximate surface area is 113 Å². The summed E-state index contributed by atoms with van der Waals surface area (Å²) in [5.41, 5.74) is 10.5. The zero-order valence-corrected chi connectivity index (χ0v) is 11.0. The fraction of sp³-hybridized carbons (Fsp3) is 0.188. The van der Waals surface area contributed by atoms with Crippen molar-refractivity contribution >= 4 is 11.4 Å². The van der Waals surface area contributed by atoms with E-state index in [0.717, 1.165) is 18.7 Å². The molecule has 2 aromatic rings. The second kappa shape index (κ2) is 5.92. The van der Waals surface area contributed by atoms with Crippen LogP contribution in [-0.4, -0.2) is 0 Å². The van der Waals surface area contributed by atoms with Gasteiger partial charge in [0.05, 0.1) is 23.0 Å². The fourth-order valence-corrected chi connectivity index (χ4v) is 1.88. The van der Waals surface area contributed by atoms with Crippen LogP contribution in [0.5, 0.6) is 0 Å². The zero-order chi connectivity index (χ0) is 13.7. The Morgan fingerprint density at radius 3 is 2.37 bits per heavy atom. The summed E-state index contributed by atoms with van der Waals surface area (Å²) in [6.07, 6.45) is 1.05. The molecule has 0 spiro atoms. The lowest BCUT2D eigenvalue weighted by atomic mass is 10.1. The first-order valence-electron chi connectivity index (χ1n) is 6.34. The number of nitrogens with one attached hydrogen (secondary N) is 1. The predicted octanol–water partition coefficient (Wildman–Crippen LogP) is 3.31. The third kappa shape index (κ3) is 3.26. The monoisotopic (exact) mass is 251 g/mol. The number of anilines is 2. The molecule has 19 heavy (non-hydrogen) atoms. The van der Waals surface area contributed by atoms with Crippen LogP contribution in [0.4, 0.5) is 11.4 Å². The van der Waals surface area contributed by atoms with Gasteiger partial charge in [0.2, 0.25) is 0 Å². The van der Waals surface area contributed by atoms with E-state index in [1.54, 1.807) is 12.1 Å². The number of aryl methyl sites for hydroxylation is 1. The van der Waals surface area contributed by atoms with Crippen molar-refractivity contribution in [2.75, 3.05) is 11.1 Å². The smallest absolute Gasteiger partial charge is 0.0992 e. The number of nitriles is 1. The van der Waals surface area contributed by atoms with E-state index in [1.807, 2.05) is 6.07 Å². The number of nitrogen functional groups attached to an aromatic ring is 1. The predicted molar refractivity (Wildman–Crippen MR) is 78.7 cm³/mol. The molecule has 0 radical (unpaired) electrons. The largest absolute Gasteiger partial charge is 0.397 e. The van der Waals surface area contributed by atoms with Gasteiger partial charge in [-0.2, -0.15) is 5.26 Å². The van der Waals surface area contributed by atoms with E-state index in [-0.39, 0.29) is 0 Å². The SMILES string of the molecule is CCc1ccc(CNc2ccc(C#N)cc2N)cc1. The molecule has 96 valence electrons. The normalized spacial score (nSPS) is 9.89. The molecule has 3 N–H and O–H groups in total. The van der Waals surface area contributed by atoms with Crippen LogP contribution >= 0.6 is 0 Å². The zero-order valence-electron chi connectivity index (χ0n) is 11.0. The van der Waals surface area contributed by atoms with Gasteiger partial charge in [-0.05, 0) is 35.7 Å². The molecule has 0 heterocycles. The van der Waals surface area contributed by atoms with Crippen LogP contribution in [0.2, 0.25) is 0 Å². The van der Waals surface area contributed by atoms with Crippen LogP contribution in [0, 0.1) is 11.3 Å². The Balaban J connectivity index is 2.04. The standard InChI is InChI=1S/C16H17N3/c1-2-12-3-5-13(6-4-12)11-19-16-8-7-14(10-17)9-15(16)18/h3-9,19H,2,11,18H2,1H3. The van der Waals surface area contributed by atoms with Crippen molar-refractivity contribution in [3.63, 3.8) is 0 Å². The molecule has 0 aliphatic heterocycles. The first-order chi connectivity index (χ1) is 9.22. The average molecular weight is 251 g/mol. The van der Waals surface area contributed by atoms with Gasteiger partial charge >= 0.3 is 0 Å². The maximum absolute atomic E-state index is 8.78. The summed E-state index contributed by atoms with van der Waals surface area (Å²) in [7, 11) is 0. The second-order valence-electron chi connectivity index (χ2n) is 4.44. The lowest BCUT2D eigenvalue weighted by Gasteiger charge is -2.10. The van der Waals surface area contributed by atoms with Crippen LogP contribution in [0.1, 0.15) is 23.6 Å². The Morgan fingerprint density at radius 1 is 1.11 bits per heavy atom. The van der Waals surface area contributed by atoms with E-state index < -0.39 is 0 Å². The van der Waals surface area contributed by atoms with Crippen molar-refractivity contribution in [1.82, 2.24) is 0 Å². The highest BCUT2D eigenvalue weighted by Crippen LogP contribution is 2.20. The maximum Gasteiger partial charge on any atom is 0.0992 e. The van der Waals surface area contributed by atoms with Gasteiger partial charge in [-0.1, -0.05) is 31.2 Å². The molecule has 0 aromatic heterocycles. The van der Waals surface area contributed by atoms with Crippen molar-refractivity contribution in [2.45, 2.75) is 19.9 Å².